The van der Waals surface area contributed by atoms with E-state index in [1.54, 1.807) is 0 Å². The molecule has 2 rings (SSSR count). The van der Waals surface area contributed by atoms with E-state index >= 15 is 0 Å². The van der Waals surface area contributed by atoms with E-state index in [4.69, 9.17) is 19.3 Å². The summed E-state index contributed by atoms with van der Waals surface area (Å²) >= 11 is 0. The summed E-state index contributed by atoms with van der Waals surface area (Å²) in [5.74, 6) is 0. The van der Waals surface area contributed by atoms with Gasteiger partial charge in [-0.2, -0.15) is 0 Å². The van der Waals surface area contributed by atoms with Crippen LogP contribution in [0.1, 0.15) is 19.8 Å². The van der Waals surface area contributed by atoms with E-state index in [1.807, 2.05) is 6.92 Å². The molecule has 2 aliphatic heterocycles. The second kappa shape index (κ2) is 4.76. The van der Waals surface area contributed by atoms with Crippen LogP contribution in [0.3, 0.4) is 0 Å². The van der Waals surface area contributed by atoms with Crippen LogP contribution in [0, 0.1) is 0 Å². The minimum absolute atomic E-state index is 0.0763. The van der Waals surface area contributed by atoms with Crippen molar-refractivity contribution >= 4 is 0 Å². The predicted octanol–water partition coefficient (Wildman–Crippen LogP) is -0.351. The first-order valence-corrected chi connectivity index (χ1v) is 5.42. The highest BCUT2D eigenvalue weighted by Crippen LogP contribution is 2.28. The van der Waals surface area contributed by atoms with E-state index in [0.717, 1.165) is 0 Å². The summed E-state index contributed by atoms with van der Waals surface area (Å²) < 4.78 is 16.4. The van der Waals surface area contributed by atoms with Crippen LogP contribution < -0.4 is 0 Å². The molecule has 5 heteroatoms. The van der Waals surface area contributed by atoms with Gasteiger partial charge in [0.1, 0.15) is 12.2 Å². The molecule has 0 aromatic heterocycles. The van der Waals surface area contributed by atoms with Gasteiger partial charge in [0.15, 0.2) is 6.29 Å². The van der Waals surface area contributed by atoms with Gasteiger partial charge in [0, 0.05) is 13.0 Å². The molecule has 88 valence electrons. The van der Waals surface area contributed by atoms with Crippen LogP contribution in [0.25, 0.3) is 0 Å². The van der Waals surface area contributed by atoms with E-state index in [0.29, 0.717) is 19.4 Å². The van der Waals surface area contributed by atoms with Crippen LogP contribution in [0.15, 0.2) is 0 Å². The van der Waals surface area contributed by atoms with Crippen LogP contribution in [0.5, 0.6) is 0 Å². The van der Waals surface area contributed by atoms with E-state index < -0.39 is 6.10 Å². The standard InChI is InChI=1S/C10H18O5/c1-6-13-5-9-10(14-6)8(12)4-7(15-9)2-3-11/h6-12H,2-5H2,1H3/t6-,7-,8+,9-,10+/m1/s1. The van der Waals surface area contributed by atoms with E-state index in [9.17, 15) is 5.11 Å². The molecular weight excluding hydrogens is 200 g/mol. The zero-order valence-corrected chi connectivity index (χ0v) is 8.83. The SMILES string of the molecule is C[C@@H]1OC[C@H]2O[C@H](CCO)C[C@H](O)[C@@H]2O1. The van der Waals surface area contributed by atoms with E-state index in [-0.39, 0.29) is 31.2 Å². The van der Waals surface area contributed by atoms with Crippen molar-refractivity contribution in [1.29, 1.82) is 0 Å². The van der Waals surface area contributed by atoms with Gasteiger partial charge in [-0.15, -0.1) is 0 Å². The monoisotopic (exact) mass is 218 g/mol. The van der Waals surface area contributed by atoms with Crippen molar-refractivity contribution in [1.82, 2.24) is 0 Å². The molecule has 0 aromatic rings. The first kappa shape index (κ1) is 11.3. The molecule has 0 saturated carbocycles. The number of hydrogen-bond donors (Lipinski definition) is 2. The fourth-order valence-corrected chi connectivity index (χ4v) is 2.16. The van der Waals surface area contributed by atoms with Crippen molar-refractivity contribution < 1.29 is 24.4 Å². The Kier molecular flexibility index (Phi) is 3.58. The van der Waals surface area contributed by atoms with Crippen LogP contribution in [-0.2, 0) is 14.2 Å². The maximum atomic E-state index is 9.88. The fourth-order valence-electron chi connectivity index (χ4n) is 2.16. The topological polar surface area (TPSA) is 68.2 Å². The maximum absolute atomic E-state index is 9.88. The number of aliphatic hydroxyl groups is 2. The quantitative estimate of drug-likeness (QED) is 0.663. The summed E-state index contributed by atoms with van der Waals surface area (Å²) in [5, 5.41) is 18.7. The molecule has 2 aliphatic rings. The lowest BCUT2D eigenvalue weighted by Crippen LogP contribution is -2.56. The Balaban J connectivity index is 1.95. The van der Waals surface area contributed by atoms with Gasteiger partial charge in [-0.1, -0.05) is 0 Å². The molecule has 2 heterocycles. The normalized spacial score (nSPS) is 46.2. The van der Waals surface area contributed by atoms with Gasteiger partial charge in [0.05, 0.1) is 18.8 Å². The Morgan fingerprint density at radius 2 is 2.13 bits per heavy atom. The molecule has 15 heavy (non-hydrogen) atoms. The van der Waals surface area contributed by atoms with Crippen molar-refractivity contribution in [2.75, 3.05) is 13.2 Å². The minimum atomic E-state index is -0.522. The molecule has 0 radical (unpaired) electrons. The fraction of sp³-hybridized carbons (Fsp3) is 1.00. The number of hydrogen-bond acceptors (Lipinski definition) is 5. The first-order chi connectivity index (χ1) is 7.20. The smallest absolute Gasteiger partial charge is 0.155 e. The number of rotatable bonds is 2. The molecule has 0 aliphatic carbocycles. The lowest BCUT2D eigenvalue weighted by molar-refractivity contribution is -0.301. The molecule has 2 fully saturated rings. The van der Waals surface area contributed by atoms with Crippen LogP contribution in [0.2, 0.25) is 0 Å². The summed E-state index contributed by atoms with van der Waals surface area (Å²) in [6, 6.07) is 0. The van der Waals surface area contributed by atoms with Crippen LogP contribution >= 0.6 is 0 Å². The Morgan fingerprint density at radius 3 is 2.87 bits per heavy atom. The second-order valence-electron chi connectivity index (χ2n) is 4.11. The Morgan fingerprint density at radius 1 is 1.33 bits per heavy atom. The Bertz CT molecular complexity index is 210. The number of fused-ring (bicyclic) bond motifs is 1. The maximum Gasteiger partial charge on any atom is 0.155 e. The van der Waals surface area contributed by atoms with Gasteiger partial charge in [0.25, 0.3) is 0 Å². The van der Waals surface area contributed by atoms with E-state index in [1.165, 1.54) is 0 Å². The molecule has 0 bridgehead atoms. The molecule has 5 nitrogen and oxygen atoms in total. The third-order valence-electron chi connectivity index (χ3n) is 2.91. The zero-order valence-electron chi connectivity index (χ0n) is 8.83. The summed E-state index contributed by atoms with van der Waals surface area (Å²) in [7, 11) is 0. The van der Waals surface area contributed by atoms with Gasteiger partial charge in [-0.05, 0) is 13.3 Å². The molecule has 2 saturated heterocycles. The van der Waals surface area contributed by atoms with Crippen molar-refractivity contribution in [3.05, 3.63) is 0 Å². The lowest BCUT2D eigenvalue weighted by atomic mass is 9.96. The predicted molar refractivity (Wildman–Crippen MR) is 51.3 cm³/mol. The third-order valence-corrected chi connectivity index (χ3v) is 2.91. The van der Waals surface area contributed by atoms with Crippen LogP contribution in [0.4, 0.5) is 0 Å². The highest BCUT2D eigenvalue weighted by atomic mass is 16.7. The molecule has 5 atom stereocenters. The average Bonchev–Trinajstić information content (AvgIpc) is 2.20. The van der Waals surface area contributed by atoms with Crippen molar-refractivity contribution in [3.63, 3.8) is 0 Å². The molecule has 0 amide bonds. The molecule has 0 aromatic carbocycles. The van der Waals surface area contributed by atoms with Gasteiger partial charge in [-0.3, -0.25) is 0 Å². The molecule has 0 unspecified atom stereocenters. The van der Waals surface area contributed by atoms with Gasteiger partial charge >= 0.3 is 0 Å². The van der Waals surface area contributed by atoms with Gasteiger partial charge in [-0.25, -0.2) is 0 Å². The van der Waals surface area contributed by atoms with Gasteiger partial charge < -0.3 is 24.4 Å². The van der Waals surface area contributed by atoms with Crippen molar-refractivity contribution in [2.24, 2.45) is 0 Å². The molecular formula is C10H18O5. The summed E-state index contributed by atoms with van der Waals surface area (Å²) in [5.41, 5.74) is 0. The van der Waals surface area contributed by atoms with Gasteiger partial charge in [0.2, 0.25) is 0 Å². The molecule has 2 N–H and O–H groups in total. The Labute approximate surface area is 88.9 Å². The van der Waals surface area contributed by atoms with Crippen molar-refractivity contribution in [2.45, 2.75) is 50.5 Å². The van der Waals surface area contributed by atoms with E-state index in [2.05, 4.69) is 0 Å². The highest BCUT2D eigenvalue weighted by Gasteiger charge is 2.42. The van der Waals surface area contributed by atoms with Crippen molar-refractivity contribution in [3.8, 4) is 0 Å². The minimum Gasteiger partial charge on any atom is -0.396 e. The zero-order chi connectivity index (χ0) is 10.8. The third kappa shape index (κ3) is 2.49. The Hall–Kier alpha value is -0.200. The summed E-state index contributed by atoms with van der Waals surface area (Å²) in [6.07, 6.45) is -0.313. The largest absolute Gasteiger partial charge is 0.396 e. The lowest BCUT2D eigenvalue weighted by Gasteiger charge is -2.43. The highest BCUT2D eigenvalue weighted by molar-refractivity contribution is 4.88. The number of aliphatic hydroxyl groups excluding tert-OH is 2. The average molecular weight is 218 g/mol. The second-order valence-corrected chi connectivity index (χ2v) is 4.11. The number of ether oxygens (including phenoxy) is 3. The first-order valence-electron chi connectivity index (χ1n) is 5.42. The summed E-state index contributed by atoms with van der Waals surface area (Å²) in [6.45, 7) is 2.33. The van der Waals surface area contributed by atoms with Crippen LogP contribution in [-0.4, -0.2) is 54.1 Å². The summed E-state index contributed by atoms with van der Waals surface area (Å²) in [4.78, 5) is 0. The molecule has 0 spiro atoms.